The van der Waals surface area contributed by atoms with Crippen LogP contribution in [0.25, 0.3) is 27.6 Å². The summed E-state index contributed by atoms with van der Waals surface area (Å²) in [5, 5.41) is 1.50. The summed E-state index contributed by atoms with van der Waals surface area (Å²) in [6, 6.07) is 20.8. The monoisotopic (exact) mass is 371 g/mol. The molecule has 2 aromatic carbocycles. The van der Waals surface area contributed by atoms with Crippen molar-refractivity contribution in [2.45, 2.75) is 13.0 Å². The van der Waals surface area contributed by atoms with Gasteiger partial charge in [-0.05, 0) is 47.7 Å². The first kappa shape index (κ1) is 17.9. The topological polar surface area (TPSA) is 70.1 Å². The van der Waals surface area contributed by atoms with E-state index in [1.54, 1.807) is 17.9 Å². The first-order chi connectivity index (χ1) is 13.6. The van der Waals surface area contributed by atoms with Gasteiger partial charge in [0.05, 0.1) is 12.5 Å². The molecule has 4 rings (SSSR count). The summed E-state index contributed by atoms with van der Waals surface area (Å²) in [6.45, 7) is 1.89. The van der Waals surface area contributed by atoms with Crippen LogP contribution in [0.3, 0.4) is 0 Å². The molecule has 0 aliphatic rings. The number of rotatable bonds is 4. The number of benzene rings is 2. The van der Waals surface area contributed by atoms with Gasteiger partial charge in [-0.2, -0.15) is 0 Å². The third-order valence-electron chi connectivity index (χ3n) is 4.81. The van der Waals surface area contributed by atoms with Gasteiger partial charge in [-0.1, -0.05) is 36.4 Å². The summed E-state index contributed by atoms with van der Waals surface area (Å²) in [5.41, 5.74) is 9.40. The third kappa shape index (κ3) is 3.06. The second-order valence-corrected chi connectivity index (χ2v) is 6.69. The van der Waals surface area contributed by atoms with Gasteiger partial charge in [-0.15, -0.1) is 0 Å². The minimum absolute atomic E-state index is 0.0950. The van der Waals surface area contributed by atoms with Crippen LogP contribution in [0.4, 0.5) is 0 Å². The van der Waals surface area contributed by atoms with Crippen LogP contribution in [0.1, 0.15) is 18.7 Å². The Morgan fingerprint density at radius 2 is 1.82 bits per heavy atom. The number of pyridine rings is 2. The molecule has 140 valence electrons. The number of nitrogens with two attached hydrogens (primary N) is 1. The Morgan fingerprint density at radius 3 is 2.54 bits per heavy atom. The molecule has 0 amide bonds. The van der Waals surface area contributed by atoms with Gasteiger partial charge < -0.3 is 10.5 Å². The van der Waals surface area contributed by atoms with Crippen molar-refractivity contribution in [1.29, 1.82) is 0 Å². The quantitative estimate of drug-likeness (QED) is 0.587. The smallest absolute Gasteiger partial charge is 0.263 e. The lowest BCUT2D eigenvalue weighted by Crippen LogP contribution is -2.26. The molecule has 0 saturated carbocycles. The minimum atomic E-state index is -0.290. The SMILES string of the molecule is COc1cc(-c2cccc3cc([C@H](C)N)n(-c4ccccc4)c(=O)c23)ccn1. The molecule has 5 heteroatoms. The van der Waals surface area contributed by atoms with E-state index in [9.17, 15) is 4.79 Å². The van der Waals surface area contributed by atoms with Gasteiger partial charge in [0.15, 0.2) is 0 Å². The molecule has 0 radical (unpaired) electrons. The zero-order valence-corrected chi connectivity index (χ0v) is 15.8. The van der Waals surface area contributed by atoms with E-state index >= 15 is 0 Å². The van der Waals surface area contributed by atoms with Crippen LogP contribution >= 0.6 is 0 Å². The van der Waals surface area contributed by atoms with Crippen LogP contribution in [0, 0.1) is 0 Å². The lowest BCUT2D eigenvalue weighted by molar-refractivity contribution is 0.398. The van der Waals surface area contributed by atoms with E-state index in [1.807, 2.05) is 73.7 Å². The van der Waals surface area contributed by atoms with Crippen molar-refractivity contribution in [2.75, 3.05) is 7.11 Å². The number of fused-ring (bicyclic) bond motifs is 1. The Labute approximate surface area is 163 Å². The molecule has 2 aromatic heterocycles. The van der Waals surface area contributed by atoms with E-state index in [1.165, 1.54) is 0 Å². The fraction of sp³-hybridized carbons (Fsp3) is 0.130. The van der Waals surface area contributed by atoms with Gasteiger partial charge in [0.2, 0.25) is 5.88 Å². The highest BCUT2D eigenvalue weighted by molar-refractivity contribution is 5.96. The largest absolute Gasteiger partial charge is 0.481 e. The highest BCUT2D eigenvalue weighted by Crippen LogP contribution is 2.30. The van der Waals surface area contributed by atoms with Gasteiger partial charge >= 0.3 is 0 Å². The van der Waals surface area contributed by atoms with Crippen molar-refractivity contribution < 1.29 is 4.74 Å². The lowest BCUT2D eigenvalue weighted by atomic mass is 9.98. The summed E-state index contributed by atoms with van der Waals surface area (Å²) < 4.78 is 6.95. The number of methoxy groups -OCH3 is 1. The normalized spacial score (nSPS) is 12.1. The molecule has 0 saturated heterocycles. The van der Waals surface area contributed by atoms with Crippen LogP contribution in [0.15, 0.2) is 77.7 Å². The highest BCUT2D eigenvalue weighted by Gasteiger charge is 2.17. The maximum atomic E-state index is 13.7. The molecule has 4 aromatic rings. The lowest BCUT2D eigenvalue weighted by Gasteiger charge is -2.18. The van der Waals surface area contributed by atoms with Gasteiger partial charge in [0.1, 0.15) is 0 Å². The number of ether oxygens (including phenoxy) is 1. The fourth-order valence-electron chi connectivity index (χ4n) is 3.49. The van der Waals surface area contributed by atoms with E-state index in [4.69, 9.17) is 10.5 Å². The summed E-state index contributed by atoms with van der Waals surface area (Å²) in [5.74, 6) is 0.505. The molecule has 0 unspecified atom stereocenters. The average Bonchev–Trinajstić information content (AvgIpc) is 2.73. The highest BCUT2D eigenvalue weighted by atomic mass is 16.5. The van der Waals surface area contributed by atoms with Crippen molar-refractivity contribution in [3.05, 3.63) is 89.0 Å². The second kappa shape index (κ2) is 7.29. The minimum Gasteiger partial charge on any atom is -0.481 e. The van der Waals surface area contributed by atoms with Crippen LogP contribution in [0.2, 0.25) is 0 Å². The van der Waals surface area contributed by atoms with Crippen molar-refractivity contribution in [3.63, 3.8) is 0 Å². The number of nitrogens with zero attached hydrogens (tertiary/aromatic N) is 2. The Kier molecular flexibility index (Phi) is 4.67. The van der Waals surface area contributed by atoms with Gasteiger partial charge in [0, 0.05) is 29.7 Å². The van der Waals surface area contributed by atoms with Crippen LogP contribution in [0.5, 0.6) is 5.88 Å². The summed E-state index contributed by atoms with van der Waals surface area (Å²) in [7, 11) is 1.58. The Balaban J connectivity index is 2.09. The van der Waals surface area contributed by atoms with Gasteiger partial charge in [-0.25, -0.2) is 4.98 Å². The molecular formula is C23H21N3O2. The first-order valence-electron chi connectivity index (χ1n) is 9.10. The molecule has 0 fully saturated rings. The van der Waals surface area contributed by atoms with E-state index in [-0.39, 0.29) is 11.6 Å². The first-order valence-corrected chi connectivity index (χ1v) is 9.10. The molecule has 0 aliphatic carbocycles. The van der Waals surface area contributed by atoms with Gasteiger partial charge in [-0.3, -0.25) is 9.36 Å². The molecule has 1 atom stereocenters. The fourth-order valence-corrected chi connectivity index (χ4v) is 3.49. The predicted octanol–water partition coefficient (Wildman–Crippen LogP) is 4.08. The van der Waals surface area contributed by atoms with E-state index in [0.29, 0.717) is 11.3 Å². The van der Waals surface area contributed by atoms with Crippen molar-refractivity contribution in [1.82, 2.24) is 9.55 Å². The maximum Gasteiger partial charge on any atom is 0.263 e. The predicted molar refractivity (Wildman–Crippen MR) is 112 cm³/mol. The summed E-state index contributed by atoms with van der Waals surface area (Å²) in [4.78, 5) is 17.8. The van der Waals surface area contributed by atoms with Crippen LogP contribution in [-0.4, -0.2) is 16.7 Å². The Hall–Kier alpha value is -3.44. The van der Waals surface area contributed by atoms with Crippen molar-refractivity contribution >= 4 is 10.8 Å². The summed E-state index contributed by atoms with van der Waals surface area (Å²) >= 11 is 0. The molecule has 2 heterocycles. The number of aromatic nitrogens is 2. The average molecular weight is 371 g/mol. The van der Waals surface area contributed by atoms with Crippen molar-refractivity contribution in [3.8, 4) is 22.7 Å². The zero-order chi connectivity index (χ0) is 19.7. The van der Waals surface area contributed by atoms with Crippen LogP contribution in [-0.2, 0) is 0 Å². The number of hydrogen-bond donors (Lipinski definition) is 1. The second-order valence-electron chi connectivity index (χ2n) is 6.69. The Morgan fingerprint density at radius 1 is 1.04 bits per heavy atom. The molecule has 2 N–H and O–H groups in total. The maximum absolute atomic E-state index is 13.7. The zero-order valence-electron chi connectivity index (χ0n) is 15.8. The van der Waals surface area contributed by atoms with E-state index < -0.39 is 0 Å². The molecular weight excluding hydrogens is 350 g/mol. The van der Waals surface area contributed by atoms with E-state index in [0.717, 1.165) is 27.9 Å². The molecule has 5 nitrogen and oxygen atoms in total. The summed E-state index contributed by atoms with van der Waals surface area (Å²) in [6.07, 6.45) is 1.68. The molecule has 0 bridgehead atoms. The van der Waals surface area contributed by atoms with E-state index in [2.05, 4.69) is 4.98 Å². The van der Waals surface area contributed by atoms with Gasteiger partial charge in [0.25, 0.3) is 5.56 Å². The Bertz CT molecular complexity index is 1200. The molecule has 28 heavy (non-hydrogen) atoms. The number of hydrogen-bond acceptors (Lipinski definition) is 4. The van der Waals surface area contributed by atoms with Crippen LogP contribution < -0.4 is 16.0 Å². The molecule has 0 spiro atoms. The van der Waals surface area contributed by atoms with Crippen molar-refractivity contribution in [2.24, 2.45) is 5.73 Å². The third-order valence-corrected chi connectivity index (χ3v) is 4.81. The standard InChI is InChI=1S/C23H21N3O2/c1-15(24)20-13-17-7-6-10-19(16-11-12-25-21(14-16)28-2)22(17)23(27)26(20)18-8-4-3-5-9-18/h3-15H,24H2,1-2H3/t15-/m0/s1. The molecule has 0 aliphatic heterocycles. The number of para-hydroxylation sites is 1.